The fraction of sp³-hybridized carbons (Fsp3) is 0.722. The number of amides is 1. The molecule has 2 atom stereocenters. The first-order valence-corrected chi connectivity index (χ1v) is 9.05. The number of carbonyl (C=O) groups excluding carboxylic acids is 1. The van der Waals surface area contributed by atoms with Gasteiger partial charge in [-0.1, -0.05) is 27.7 Å². The lowest BCUT2D eigenvalue weighted by atomic mass is 9.90. The molecule has 1 amide bonds. The number of carboxylic acid groups (broad SMARTS) is 1. The molecule has 7 heteroatoms. The second-order valence-electron chi connectivity index (χ2n) is 7.13. The number of rotatable bonds is 12. The number of H-pyrrole nitrogens is 1. The van der Waals surface area contributed by atoms with Crippen molar-refractivity contribution in [3.05, 3.63) is 18.2 Å². The lowest BCUT2D eigenvalue weighted by Crippen LogP contribution is -2.41. The molecule has 0 spiro atoms. The van der Waals surface area contributed by atoms with Gasteiger partial charge in [0.2, 0.25) is 5.91 Å². The minimum atomic E-state index is -0.822. The number of aliphatic carboxylic acids is 1. The maximum Gasteiger partial charge on any atom is 0.320 e. The first-order valence-electron chi connectivity index (χ1n) is 9.05. The van der Waals surface area contributed by atoms with E-state index >= 15 is 0 Å². The molecule has 142 valence electrons. The molecule has 0 aliphatic heterocycles. The summed E-state index contributed by atoms with van der Waals surface area (Å²) in [6.45, 7) is 8.51. The van der Waals surface area contributed by atoms with E-state index in [-0.39, 0.29) is 23.8 Å². The first kappa shape index (κ1) is 21.2. The van der Waals surface area contributed by atoms with E-state index in [0.717, 1.165) is 18.5 Å². The molecule has 4 N–H and O–H groups in total. The van der Waals surface area contributed by atoms with E-state index < -0.39 is 12.0 Å². The first-order chi connectivity index (χ1) is 11.8. The molecule has 1 heterocycles. The Hall–Kier alpha value is -1.89. The van der Waals surface area contributed by atoms with Crippen molar-refractivity contribution >= 4 is 11.9 Å². The topological polar surface area (TPSA) is 107 Å². The van der Waals surface area contributed by atoms with Crippen molar-refractivity contribution in [2.75, 3.05) is 6.54 Å². The van der Waals surface area contributed by atoms with Crippen LogP contribution in [-0.2, 0) is 16.0 Å². The summed E-state index contributed by atoms with van der Waals surface area (Å²) < 4.78 is 0. The maximum absolute atomic E-state index is 12.4. The number of carboxylic acids is 1. The summed E-state index contributed by atoms with van der Waals surface area (Å²) in [5, 5.41) is 15.2. The molecule has 1 aromatic rings. The third kappa shape index (κ3) is 8.16. The molecule has 0 saturated carbocycles. The van der Waals surface area contributed by atoms with Gasteiger partial charge in [0.05, 0.1) is 6.33 Å². The van der Waals surface area contributed by atoms with Crippen LogP contribution in [0, 0.1) is 11.8 Å². The van der Waals surface area contributed by atoms with E-state index in [2.05, 4.69) is 20.6 Å². The molecular weight excluding hydrogens is 320 g/mol. The van der Waals surface area contributed by atoms with E-state index in [1.54, 1.807) is 12.5 Å². The Labute approximate surface area is 150 Å². The van der Waals surface area contributed by atoms with Crippen molar-refractivity contribution in [1.82, 2.24) is 20.6 Å². The summed E-state index contributed by atoms with van der Waals surface area (Å²) in [6, 6.07) is -0.394. The van der Waals surface area contributed by atoms with Gasteiger partial charge < -0.3 is 20.7 Å². The number of nitrogens with zero attached hydrogens (tertiary/aromatic N) is 1. The minimum absolute atomic E-state index is 0.0414. The van der Waals surface area contributed by atoms with Gasteiger partial charge in [-0.25, -0.2) is 4.98 Å². The van der Waals surface area contributed by atoms with Crippen molar-refractivity contribution in [3.8, 4) is 0 Å². The summed E-state index contributed by atoms with van der Waals surface area (Å²) in [5.74, 6) is -0.651. The van der Waals surface area contributed by atoms with Crippen molar-refractivity contribution < 1.29 is 14.7 Å². The number of imidazole rings is 1. The minimum Gasteiger partial charge on any atom is -0.480 e. The van der Waals surface area contributed by atoms with Crippen molar-refractivity contribution in [2.24, 2.45) is 11.8 Å². The van der Waals surface area contributed by atoms with Crippen molar-refractivity contribution in [1.29, 1.82) is 0 Å². The third-order valence-corrected chi connectivity index (χ3v) is 4.19. The van der Waals surface area contributed by atoms with Crippen LogP contribution in [-0.4, -0.2) is 45.6 Å². The van der Waals surface area contributed by atoms with Crippen LogP contribution in [0.1, 0.15) is 52.7 Å². The molecule has 0 fully saturated rings. The quantitative estimate of drug-likeness (QED) is 0.430. The van der Waals surface area contributed by atoms with E-state index in [1.807, 2.05) is 27.7 Å². The molecule has 0 bridgehead atoms. The maximum atomic E-state index is 12.4. The van der Waals surface area contributed by atoms with Gasteiger partial charge in [-0.2, -0.15) is 0 Å². The Balaban J connectivity index is 2.33. The molecule has 0 radical (unpaired) electrons. The second kappa shape index (κ2) is 10.9. The van der Waals surface area contributed by atoms with Crippen LogP contribution in [0.5, 0.6) is 0 Å². The summed E-state index contributed by atoms with van der Waals surface area (Å²) in [6.07, 6.45) is 6.09. The Morgan fingerprint density at radius 3 is 2.48 bits per heavy atom. The smallest absolute Gasteiger partial charge is 0.320 e. The highest BCUT2D eigenvalue weighted by Gasteiger charge is 2.23. The Bertz CT molecular complexity index is 514. The zero-order valence-corrected chi connectivity index (χ0v) is 15.7. The second-order valence-corrected chi connectivity index (χ2v) is 7.13. The Morgan fingerprint density at radius 2 is 1.96 bits per heavy atom. The summed E-state index contributed by atoms with van der Waals surface area (Å²) in [5.41, 5.74) is 0.956. The molecule has 1 aromatic heterocycles. The summed E-state index contributed by atoms with van der Waals surface area (Å²) in [7, 11) is 0. The number of aromatic nitrogens is 2. The zero-order valence-electron chi connectivity index (χ0n) is 15.7. The van der Waals surface area contributed by atoms with Gasteiger partial charge in [-0.15, -0.1) is 0 Å². The third-order valence-electron chi connectivity index (χ3n) is 4.19. The highest BCUT2D eigenvalue weighted by molar-refractivity contribution is 5.79. The molecule has 1 rings (SSSR count). The lowest BCUT2D eigenvalue weighted by molar-refractivity contribution is -0.140. The predicted molar refractivity (Wildman–Crippen MR) is 97.2 cm³/mol. The monoisotopic (exact) mass is 352 g/mol. The molecule has 0 saturated heterocycles. The van der Waals surface area contributed by atoms with Crippen molar-refractivity contribution in [2.45, 2.75) is 65.5 Å². The number of nitrogens with one attached hydrogen (secondary N) is 3. The molecule has 0 aromatic carbocycles. The van der Waals surface area contributed by atoms with E-state index in [4.69, 9.17) is 0 Å². The average molecular weight is 352 g/mol. The van der Waals surface area contributed by atoms with Crippen molar-refractivity contribution in [3.63, 3.8) is 0 Å². The number of hydrogen-bond acceptors (Lipinski definition) is 4. The predicted octanol–water partition coefficient (Wildman–Crippen LogP) is 1.96. The largest absolute Gasteiger partial charge is 0.480 e. The fourth-order valence-corrected chi connectivity index (χ4v) is 2.76. The van der Waals surface area contributed by atoms with E-state index in [0.29, 0.717) is 19.4 Å². The average Bonchev–Trinajstić information content (AvgIpc) is 3.03. The number of aromatic amines is 1. The van der Waals surface area contributed by atoms with Gasteiger partial charge in [-0.05, 0) is 25.2 Å². The molecule has 2 unspecified atom stereocenters. The highest BCUT2D eigenvalue weighted by Crippen LogP contribution is 2.16. The molecular formula is C18H32N4O3. The molecule has 0 aliphatic rings. The van der Waals surface area contributed by atoms with Gasteiger partial charge >= 0.3 is 5.97 Å². The standard InChI is InChI=1S/C18H32N4O3/c1-12(2)15(9-14-10-19-11-21-14)17(23)20-8-6-5-7-16(18(24)25)22-13(3)4/h10-13,15-16,22H,5-9H2,1-4H3,(H,19,21)(H,20,23)(H,24,25). The summed E-state index contributed by atoms with van der Waals surface area (Å²) in [4.78, 5) is 30.6. The zero-order chi connectivity index (χ0) is 18.8. The highest BCUT2D eigenvalue weighted by atomic mass is 16.4. The number of hydrogen-bond donors (Lipinski definition) is 4. The van der Waals surface area contributed by atoms with Gasteiger partial charge in [0, 0.05) is 36.8 Å². The van der Waals surface area contributed by atoms with Crippen LogP contribution >= 0.6 is 0 Å². The van der Waals surface area contributed by atoms with Crippen LogP contribution in [0.25, 0.3) is 0 Å². The van der Waals surface area contributed by atoms with Gasteiger partial charge in [0.1, 0.15) is 6.04 Å². The fourth-order valence-electron chi connectivity index (χ4n) is 2.76. The lowest BCUT2D eigenvalue weighted by Gasteiger charge is -2.20. The van der Waals surface area contributed by atoms with Gasteiger partial charge in [-0.3, -0.25) is 9.59 Å². The molecule has 25 heavy (non-hydrogen) atoms. The normalized spacial score (nSPS) is 13.8. The Kier molecular flexibility index (Phi) is 9.20. The molecule has 7 nitrogen and oxygen atoms in total. The van der Waals surface area contributed by atoms with Crippen LogP contribution in [0.4, 0.5) is 0 Å². The van der Waals surface area contributed by atoms with Crippen LogP contribution in [0.3, 0.4) is 0 Å². The van der Waals surface area contributed by atoms with Gasteiger partial charge in [0.15, 0.2) is 0 Å². The molecule has 0 aliphatic carbocycles. The SMILES string of the molecule is CC(C)NC(CCCCNC(=O)C(Cc1cnc[nH]1)C(C)C)C(=O)O. The number of unbranched alkanes of at least 4 members (excludes halogenated alkanes) is 1. The number of carbonyl (C=O) groups is 2. The van der Waals surface area contributed by atoms with E-state index in [1.165, 1.54) is 0 Å². The van der Waals surface area contributed by atoms with Gasteiger partial charge in [0.25, 0.3) is 0 Å². The van der Waals surface area contributed by atoms with E-state index in [9.17, 15) is 14.7 Å². The Morgan fingerprint density at radius 1 is 1.24 bits per heavy atom. The van der Waals surface area contributed by atoms with Crippen LogP contribution in [0.15, 0.2) is 12.5 Å². The van der Waals surface area contributed by atoms with Crippen LogP contribution in [0.2, 0.25) is 0 Å². The summed E-state index contributed by atoms with van der Waals surface area (Å²) >= 11 is 0. The van der Waals surface area contributed by atoms with Crippen LogP contribution < -0.4 is 10.6 Å².